The summed E-state index contributed by atoms with van der Waals surface area (Å²) in [5, 5.41) is 4.18. The maximum absolute atomic E-state index is 12.0. The third-order valence-electron chi connectivity index (χ3n) is 3.82. The molecule has 0 N–H and O–H groups in total. The summed E-state index contributed by atoms with van der Waals surface area (Å²) in [5.41, 5.74) is 4.82. The van der Waals surface area contributed by atoms with Crippen LogP contribution in [0.3, 0.4) is 0 Å². The molecule has 0 amide bonds. The Morgan fingerprint density at radius 2 is 2.05 bits per heavy atom. The zero-order valence-corrected chi connectivity index (χ0v) is 10.9. The van der Waals surface area contributed by atoms with E-state index in [0.717, 1.165) is 40.7 Å². The quantitative estimate of drug-likeness (QED) is 0.678. The summed E-state index contributed by atoms with van der Waals surface area (Å²) < 4.78 is 1.82. The van der Waals surface area contributed by atoms with E-state index >= 15 is 0 Å². The van der Waals surface area contributed by atoms with Crippen molar-refractivity contribution in [2.24, 2.45) is 0 Å². The molecular weight excluding hydrogens is 250 g/mol. The molecule has 4 nitrogen and oxygen atoms in total. The van der Waals surface area contributed by atoms with Crippen LogP contribution in [0.25, 0.3) is 16.6 Å². The second kappa shape index (κ2) is 4.27. The van der Waals surface area contributed by atoms with E-state index in [1.807, 2.05) is 35.1 Å². The number of rotatable bonds is 1. The fourth-order valence-electron chi connectivity index (χ4n) is 2.74. The zero-order valence-electron chi connectivity index (χ0n) is 10.9. The Morgan fingerprint density at radius 1 is 1.10 bits per heavy atom. The van der Waals surface area contributed by atoms with Gasteiger partial charge in [0.2, 0.25) is 0 Å². The molecule has 98 valence electrons. The Labute approximate surface area is 116 Å². The number of pyridine rings is 2. The monoisotopic (exact) mass is 263 g/mol. The minimum absolute atomic E-state index is 0.214. The standard InChI is InChI=1S/C16H13N3O/c20-16-3-1-2-15-14(16)9-12(10-17-15)11-5-7-19-13(8-11)4-6-18-19/h4-10H,1-3H2. The molecular formula is C16H13N3O. The number of carbonyl (C=O) groups is 1. The molecule has 0 spiro atoms. The Bertz CT molecular complexity index is 819. The third-order valence-corrected chi connectivity index (χ3v) is 3.82. The van der Waals surface area contributed by atoms with Gasteiger partial charge in [-0.05, 0) is 42.7 Å². The SMILES string of the molecule is O=C1CCCc2ncc(-c3ccn4nccc4c3)cc21. The first-order valence-electron chi connectivity index (χ1n) is 6.77. The van der Waals surface area contributed by atoms with Gasteiger partial charge in [-0.2, -0.15) is 5.10 Å². The number of aryl methyl sites for hydroxylation is 1. The van der Waals surface area contributed by atoms with Crippen LogP contribution in [0.5, 0.6) is 0 Å². The van der Waals surface area contributed by atoms with Crippen molar-refractivity contribution in [2.75, 3.05) is 0 Å². The number of Topliss-reactive ketones (excluding diaryl/α,β-unsaturated/α-hetero) is 1. The minimum atomic E-state index is 0.214. The van der Waals surface area contributed by atoms with Gasteiger partial charge in [0.1, 0.15) is 0 Å². The average Bonchev–Trinajstić information content (AvgIpc) is 2.95. The Morgan fingerprint density at radius 3 is 3.00 bits per heavy atom. The molecule has 20 heavy (non-hydrogen) atoms. The maximum atomic E-state index is 12.0. The van der Waals surface area contributed by atoms with Crippen LogP contribution < -0.4 is 0 Å². The number of nitrogens with zero attached hydrogens (tertiary/aromatic N) is 3. The second-order valence-corrected chi connectivity index (χ2v) is 5.11. The predicted octanol–water partition coefficient (Wildman–Crippen LogP) is 2.92. The molecule has 0 fully saturated rings. The van der Waals surface area contributed by atoms with E-state index in [9.17, 15) is 4.79 Å². The van der Waals surface area contributed by atoms with Crippen molar-refractivity contribution in [1.82, 2.24) is 14.6 Å². The number of aromatic nitrogens is 3. The van der Waals surface area contributed by atoms with Gasteiger partial charge in [0.05, 0.1) is 11.2 Å². The average molecular weight is 263 g/mol. The van der Waals surface area contributed by atoms with Crippen molar-refractivity contribution in [1.29, 1.82) is 0 Å². The Kier molecular flexibility index (Phi) is 2.42. The number of carbonyl (C=O) groups excluding carboxylic acids is 1. The highest BCUT2D eigenvalue weighted by atomic mass is 16.1. The molecule has 0 bridgehead atoms. The van der Waals surface area contributed by atoms with Gasteiger partial charge in [0, 0.05) is 36.1 Å². The van der Waals surface area contributed by atoms with Crippen molar-refractivity contribution in [3.05, 3.63) is 54.1 Å². The Hall–Kier alpha value is -2.49. The molecule has 0 saturated carbocycles. The predicted molar refractivity (Wildman–Crippen MR) is 75.7 cm³/mol. The van der Waals surface area contributed by atoms with Crippen LogP contribution in [0.4, 0.5) is 0 Å². The smallest absolute Gasteiger partial charge is 0.164 e. The first-order valence-corrected chi connectivity index (χ1v) is 6.77. The molecule has 3 aromatic heterocycles. The van der Waals surface area contributed by atoms with E-state index in [4.69, 9.17) is 0 Å². The maximum Gasteiger partial charge on any atom is 0.164 e. The van der Waals surface area contributed by atoms with Gasteiger partial charge in [-0.25, -0.2) is 4.52 Å². The van der Waals surface area contributed by atoms with Crippen LogP contribution in [0.1, 0.15) is 28.9 Å². The lowest BCUT2D eigenvalue weighted by atomic mass is 9.93. The van der Waals surface area contributed by atoms with E-state index in [2.05, 4.69) is 16.1 Å². The van der Waals surface area contributed by atoms with Gasteiger partial charge in [-0.1, -0.05) is 0 Å². The van der Waals surface area contributed by atoms with E-state index in [1.165, 1.54) is 0 Å². The van der Waals surface area contributed by atoms with Gasteiger partial charge in [0.15, 0.2) is 5.78 Å². The summed E-state index contributed by atoms with van der Waals surface area (Å²) in [7, 11) is 0. The lowest BCUT2D eigenvalue weighted by Crippen LogP contribution is -2.12. The van der Waals surface area contributed by atoms with Gasteiger partial charge in [0.25, 0.3) is 0 Å². The molecule has 0 atom stereocenters. The summed E-state index contributed by atoms with van der Waals surface area (Å²) in [5.74, 6) is 0.214. The first-order chi connectivity index (χ1) is 9.81. The second-order valence-electron chi connectivity index (χ2n) is 5.11. The molecule has 0 radical (unpaired) electrons. The molecule has 4 heteroatoms. The van der Waals surface area contributed by atoms with Crippen LogP contribution >= 0.6 is 0 Å². The normalized spacial score (nSPS) is 14.5. The summed E-state index contributed by atoms with van der Waals surface area (Å²) in [6.07, 6.45) is 8.02. The summed E-state index contributed by atoms with van der Waals surface area (Å²) in [6, 6.07) is 7.99. The zero-order chi connectivity index (χ0) is 13.5. The van der Waals surface area contributed by atoms with E-state index < -0.39 is 0 Å². The van der Waals surface area contributed by atoms with Crippen LogP contribution in [-0.2, 0) is 6.42 Å². The molecule has 0 aromatic carbocycles. The van der Waals surface area contributed by atoms with E-state index in [-0.39, 0.29) is 5.78 Å². The highest BCUT2D eigenvalue weighted by Gasteiger charge is 2.18. The molecule has 3 aromatic rings. The lowest BCUT2D eigenvalue weighted by Gasteiger charge is -2.14. The van der Waals surface area contributed by atoms with E-state index in [1.54, 1.807) is 6.20 Å². The summed E-state index contributed by atoms with van der Waals surface area (Å²) >= 11 is 0. The van der Waals surface area contributed by atoms with Crippen LogP contribution in [-0.4, -0.2) is 20.4 Å². The number of hydrogen-bond donors (Lipinski definition) is 0. The number of ketones is 1. The number of hydrogen-bond acceptors (Lipinski definition) is 3. The van der Waals surface area contributed by atoms with Gasteiger partial charge in [-0.3, -0.25) is 9.78 Å². The largest absolute Gasteiger partial charge is 0.294 e. The van der Waals surface area contributed by atoms with Crippen LogP contribution in [0, 0.1) is 0 Å². The van der Waals surface area contributed by atoms with Crippen molar-refractivity contribution in [3.63, 3.8) is 0 Å². The minimum Gasteiger partial charge on any atom is -0.294 e. The third kappa shape index (κ3) is 1.72. The van der Waals surface area contributed by atoms with Crippen molar-refractivity contribution < 1.29 is 4.79 Å². The molecule has 0 saturated heterocycles. The number of fused-ring (bicyclic) bond motifs is 2. The molecule has 1 aliphatic rings. The van der Waals surface area contributed by atoms with Crippen molar-refractivity contribution >= 4 is 11.3 Å². The summed E-state index contributed by atoms with van der Waals surface area (Å²) in [6.45, 7) is 0. The fourth-order valence-corrected chi connectivity index (χ4v) is 2.74. The molecule has 3 heterocycles. The van der Waals surface area contributed by atoms with Crippen LogP contribution in [0.15, 0.2) is 42.9 Å². The van der Waals surface area contributed by atoms with Crippen molar-refractivity contribution in [3.8, 4) is 11.1 Å². The van der Waals surface area contributed by atoms with Gasteiger partial charge < -0.3 is 0 Å². The molecule has 0 unspecified atom stereocenters. The topological polar surface area (TPSA) is 47.3 Å². The van der Waals surface area contributed by atoms with Gasteiger partial charge in [-0.15, -0.1) is 0 Å². The summed E-state index contributed by atoms with van der Waals surface area (Å²) in [4.78, 5) is 16.5. The van der Waals surface area contributed by atoms with E-state index in [0.29, 0.717) is 6.42 Å². The molecule has 0 aliphatic heterocycles. The van der Waals surface area contributed by atoms with Gasteiger partial charge >= 0.3 is 0 Å². The fraction of sp³-hybridized carbons (Fsp3) is 0.188. The lowest BCUT2D eigenvalue weighted by molar-refractivity contribution is 0.0971. The molecule has 1 aliphatic carbocycles. The first kappa shape index (κ1) is 11.3. The highest BCUT2D eigenvalue weighted by Crippen LogP contribution is 2.26. The molecule has 4 rings (SSSR count). The van der Waals surface area contributed by atoms with Crippen LogP contribution in [0.2, 0.25) is 0 Å². The highest BCUT2D eigenvalue weighted by molar-refractivity contribution is 5.99. The van der Waals surface area contributed by atoms with Crippen molar-refractivity contribution in [2.45, 2.75) is 19.3 Å². The Balaban J connectivity index is 1.85.